The number of anilines is 1. The molecule has 112 valence electrons. The third-order valence-corrected chi connectivity index (χ3v) is 3.37. The van der Waals surface area contributed by atoms with Crippen molar-refractivity contribution in [2.24, 2.45) is 7.05 Å². The Labute approximate surface area is 127 Å². The number of nitrogens with one attached hydrogen (secondary N) is 1. The van der Waals surface area contributed by atoms with Gasteiger partial charge in [-0.15, -0.1) is 0 Å². The first kappa shape index (κ1) is 15.5. The van der Waals surface area contributed by atoms with Gasteiger partial charge in [0.1, 0.15) is 11.5 Å². The molecule has 0 bridgehead atoms. The minimum Gasteiger partial charge on any atom is -0.319 e. The Morgan fingerprint density at radius 2 is 2.00 bits per heavy atom. The Morgan fingerprint density at radius 1 is 1.33 bits per heavy atom. The van der Waals surface area contributed by atoms with E-state index in [4.69, 9.17) is 11.6 Å². The van der Waals surface area contributed by atoms with E-state index in [0.717, 1.165) is 11.8 Å². The van der Waals surface area contributed by atoms with E-state index in [-0.39, 0.29) is 16.3 Å². The molecule has 0 aliphatic rings. The fourth-order valence-electron chi connectivity index (χ4n) is 1.82. The SMILES string of the molecule is Cn1nc(C(C)(C)C)cc1C(=O)Nc1ccc(F)cc1Cl. The molecule has 0 radical (unpaired) electrons. The lowest BCUT2D eigenvalue weighted by Crippen LogP contribution is -2.16. The summed E-state index contributed by atoms with van der Waals surface area (Å²) in [5.41, 5.74) is 1.45. The van der Waals surface area contributed by atoms with Crippen LogP contribution in [0.15, 0.2) is 24.3 Å². The van der Waals surface area contributed by atoms with Crippen LogP contribution in [-0.4, -0.2) is 15.7 Å². The minimum atomic E-state index is -0.450. The van der Waals surface area contributed by atoms with Crippen molar-refractivity contribution in [1.29, 1.82) is 0 Å². The summed E-state index contributed by atoms with van der Waals surface area (Å²) in [5, 5.41) is 7.16. The number of benzene rings is 1. The van der Waals surface area contributed by atoms with Gasteiger partial charge in [-0.3, -0.25) is 9.48 Å². The number of halogens is 2. The number of hydrogen-bond donors (Lipinski definition) is 1. The molecule has 0 saturated heterocycles. The van der Waals surface area contributed by atoms with Crippen LogP contribution in [-0.2, 0) is 12.5 Å². The van der Waals surface area contributed by atoms with Gasteiger partial charge in [0.25, 0.3) is 5.91 Å². The molecule has 0 unspecified atom stereocenters. The molecular formula is C15H17ClFN3O. The number of hydrogen-bond acceptors (Lipinski definition) is 2. The zero-order valence-corrected chi connectivity index (χ0v) is 13.1. The van der Waals surface area contributed by atoms with E-state index in [0.29, 0.717) is 11.4 Å². The first-order valence-corrected chi connectivity index (χ1v) is 6.87. The van der Waals surface area contributed by atoms with Crippen LogP contribution in [0.3, 0.4) is 0 Å². The van der Waals surface area contributed by atoms with Gasteiger partial charge in [-0.05, 0) is 24.3 Å². The van der Waals surface area contributed by atoms with E-state index < -0.39 is 5.82 Å². The van der Waals surface area contributed by atoms with Gasteiger partial charge < -0.3 is 5.32 Å². The van der Waals surface area contributed by atoms with E-state index in [1.807, 2.05) is 20.8 Å². The van der Waals surface area contributed by atoms with Gasteiger partial charge in [-0.1, -0.05) is 32.4 Å². The normalized spacial score (nSPS) is 11.5. The lowest BCUT2D eigenvalue weighted by Gasteiger charge is -2.13. The molecule has 2 aromatic rings. The van der Waals surface area contributed by atoms with Crippen molar-refractivity contribution in [3.63, 3.8) is 0 Å². The van der Waals surface area contributed by atoms with Gasteiger partial charge in [0.2, 0.25) is 0 Å². The van der Waals surface area contributed by atoms with Crippen LogP contribution in [0.1, 0.15) is 37.0 Å². The molecule has 1 N–H and O–H groups in total. The molecule has 1 aromatic heterocycles. The molecule has 0 fully saturated rings. The second-order valence-corrected chi connectivity index (χ2v) is 6.27. The van der Waals surface area contributed by atoms with Crippen LogP contribution in [0.4, 0.5) is 10.1 Å². The molecule has 4 nitrogen and oxygen atoms in total. The standard InChI is InChI=1S/C15H17ClFN3O/c1-15(2,3)13-8-12(20(4)19-13)14(21)18-11-6-5-9(17)7-10(11)16/h5-8H,1-4H3,(H,18,21). The average Bonchev–Trinajstić information content (AvgIpc) is 2.75. The van der Waals surface area contributed by atoms with Crippen LogP contribution in [0.5, 0.6) is 0 Å². The van der Waals surface area contributed by atoms with Gasteiger partial charge >= 0.3 is 0 Å². The number of nitrogens with zero attached hydrogens (tertiary/aromatic N) is 2. The molecule has 2 rings (SSSR count). The molecule has 1 aromatic carbocycles. The zero-order chi connectivity index (χ0) is 15.8. The quantitative estimate of drug-likeness (QED) is 0.918. The van der Waals surface area contributed by atoms with Crippen molar-refractivity contribution in [3.05, 3.63) is 46.5 Å². The number of amides is 1. The first-order valence-electron chi connectivity index (χ1n) is 6.49. The maximum Gasteiger partial charge on any atom is 0.273 e. The first-order chi connectivity index (χ1) is 9.68. The summed E-state index contributed by atoms with van der Waals surface area (Å²) in [7, 11) is 1.70. The van der Waals surface area contributed by atoms with Crippen LogP contribution in [0.2, 0.25) is 5.02 Å². The number of carbonyl (C=O) groups is 1. The van der Waals surface area contributed by atoms with Crippen molar-refractivity contribution < 1.29 is 9.18 Å². The van der Waals surface area contributed by atoms with E-state index in [1.165, 1.54) is 16.8 Å². The lowest BCUT2D eigenvalue weighted by molar-refractivity contribution is 0.101. The van der Waals surface area contributed by atoms with Gasteiger partial charge in [0, 0.05) is 12.5 Å². The molecule has 21 heavy (non-hydrogen) atoms. The number of aromatic nitrogens is 2. The average molecular weight is 310 g/mol. The third-order valence-electron chi connectivity index (χ3n) is 3.06. The summed E-state index contributed by atoms with van der Waals surface area (Å²) in [6.45, 7) is 6.07. The maximum atomic E-state index is 13.0. The van der Waals surface area contributed by atoms with Crippen LogP contribution in [0, 0.1) is 5.82 Å². The molecule has 0 aliphatic heterocycles. The molecule has 1 heterocycles. The second kappa shape index (κ2) is 5.48. The minimum absolute atomic E-state index is 0.149. The monoisotopic (exact) mass is 309 g/mol. The van der Waals surface area contributed by atoms with E-state index in [9.17, 15) is 9.18 Å². The Balaban J connectivity index is 2.27. The summed E-state index contributed by atoms with van der Waals surface area (Å²) in [6, 6.07) is 5.57. The Morgan fingerprint density at radius 3 is 2.52 bits per heavy atom. The predicted octanol–water partition coefficient (Wildman–Crippen LogP) is 3.76. The summed E-state index contributed by atoms with van der Waals surface area (Å²) in [4.78, 5) is 12.3. The summed E-state index contributed by atoms with van der Waals surface area (Å²) in [5.74, 6) is -0.789. The van der Waals surface area contributed by atoms with E-state index in [2.05, 4.69) is 10.4 Å². The Kier molecular flexibility index (Phi) is 4.05. The lowest BCUT2D eigenvalue weighted by atomic mass is 9.92. The second-order valence-electron chi connectivity index (χ2n) is 5.87. The van der Waals surface area contributed by atoms with E-state index in [1.54, 1.807) is 13.1 Å². The highest BCUT2D eigenvalue weighted by Crippen LogP contribution is 2.24. The predicted molar refractivity (Wildman–Crippen MR) is 81.3 cm³/mol. The molecule has 6 heteroatoms. The maximum absolute atomic E-state index is 13.0. The summed E-state index contributed by atoms with van der Waals surface area (Å²) >= 11 is 5.90. The molecule has 1 amide bonds. The summed E-state index contributed by atoms with van der Waals surface area (Å²) in [6.07, 6.45) is 0. The molecule has 0 spiro atoms. The van der Waals surface area contributed by atoms with Crippen LogP contribution in [0.25, 0.3) is 0 Å². The van der Waals surface area contributed by atoms with Crippen molar-refractivity contribution in [3.8, 4) is 0 Å². The third kappa shape index (κ3) is 3.42. The van der Waals surface area contributed by atoms with Gasteiger partial charge in [-0.2, -0.15) is 5.10 Å². The molecule has 0 saturated carbocycles. The topological polar surface area (TPSA) is 46.9 Å². The fraction of sp³-hybridized carbons (Fsp3) is 0.333. The Bertz CT molecular complexity index is 689. The van der Waals surface area contributed by atoms with Crippen molar-refractivity contribution in [2.75, 3.05) is 5.32 Å². The van der Waals surface area contributed by atoms with Crippen molar-refractivity contribution in [2.45, 2.75) is 26.2 Å². The molecule has 0 aliphatic carbocycles. The Hall–Kier alpha value is -1.88. The van der Waals surface area contributed by atoms with Gasteiger partial charge in [0.05, 0.1) is 16.4 Å². The van der Waals surface area contributed by atoms with Crippen LogP contribution < -0.4 is 5.32 Å². The number of aryl methyl sites for hydroxylation is 1. The van der Waals surface area contributed by atoms with Crippen LogP contribution >= 0.6 is 11.6 Å². The largest absolute Gasteiger partial charge is 0.319 e. The van der Waals surface area contributed by atoms with Crippen molar-refractivity contribution >= 4 is 23.2 Å². The smallest absolute Gasteiger partial charge is 0.273 e. The van der Waals surface area contributed by atoms with Crippen molar-refractivity contribution in [1.82, 2.24) is 9.78 Å². The highest BCUT2D eigenvalue weighted by atomic mass is 35.5. The summed E-state index contributed by atoms with van der Waals surface area (Å²) < 4.78 is 14.5. The van der Waals surface area contributed by atoms with E-state index >= 15 is 0 Å². The highest BCUT2D eigenvalue weighted by molar-refractivity contribution is 6.33. The zero-order valence-electron chi connectivity index (χ0n) is 12.4. The van der Waals surface area contributed by atoms with Gasteiger partial charge in [0.15, 0.2) is 0 Å². The fourth-order valence-corrected chi connectivity index (χ4v) is 2.04. The van der Waals surface area contributed by atoms with Gasteiger partial charge in [-0.25, -0.2) is 4.39 Å². The number of carbonyl (C=O) groups excluding carboxylic acids is 1. The highest BCUT2D eigenvalue weighted by Gasteiger charge is 2.22. The molecule has 0 atom stereocenters. The molecular weight excluding hydrogens is 293 g/mol. The number of rotatable bonds is 2.